The minimum absolute atomic E-state index is 0.164. The van der Waals surface area contributed by atoms with E-state index < -0.39 is 5.41 Å². The first kappa shape index (κ1) is 12.5. The van der Waals surface area contributed by atoms with E-state index in [1.165, 1.54) is 6.08 Å². The van der Waals surface area contributed by atoms with Crippen LogP contribution < -0.4 is 0 Å². The Kier molecular flexibility index (Phi) is 3.79. The number of nitro groups is 1. The van der Waals surface area contributed by atoms with E-state index in [9.17, 15) is 10.1 Å². The van der Waals surface area contributed by atoms with E-state index in [-0.39, 0.29) is 27.8 Å². The average Bonchev–Trinajstić information content (AvgIpc) is 2.17. The van der Waals surface area contributed by atoms with E-state index in [1.54, 1.807) is 6.08 Å². The predicted molar refractivity (Wildman–Crippen MR) is 61.9 cm³/mol. The van der Waals surface area contributed by atoms with Crippen LogP contribution in [0.25, 0.3) is 0 Å². The lowest BCUT2D eigenvalue weighted by Gasteiger charge is -2.36. The lowest BCUT2D eigenvalue weighted by atomic mass is 9.75. The van der Waals surface area contributed by atoms with Crippen LogP contribution in [0.2, 0.25) is 0 Å². The molecule has 3 nitrogen and oxygen atoms in total. The summed E-state index contributed by atoms with van der Waals surface area (Å²) in [6.07, 6.45) is 5.32. The maximum atomic E-state index is 10.7. The summed E-state index contributed by atoms with van der Waals surface area (Å²) in [5, 5.41) is 10.2. The molecular weight excluding hydrogens is 237 g/mol. The summed E-state index contributed by atoms with van der Waals surface area (Å²) in [5.41, 5.74) is -0.363. The molecule has 0 spiro atoms. The van der Waals surface area contributed by atoms with Crippen molar-refractivity contribution in [3.05, 3.63) is 34.0 Å². The number of halogens is 2. The van der Waals surface area contributed by atoms with Crippen LogP contribution in [0.5, 0.6) is 0 Å². The van der Waals surface area contributed by atoms with Crippen LogP contribution in [0.15, 0.2) is 23.9 Å². The van der Waals surface area contributed by atoms with Crippen molar-refractivity contribution in [2.24, 2.45) is 5.41 Å². The van der Waals surface area contributed by atoms with Gasteiger partial charge in [-0.25, -0.2) is 0 Å². The molecule has 0 N–H and O–H groups in total. The smallest absolute Gasteiger partial charge is 0.247 e. The van der Waals surface area contributed by atoms with E-state index in [4.69, 9.17) is 23.2 Å². The lowest BCUT2D eigenvalue weighted by molar-refractivity contribution is -0.430. The van der Waals surface area contributed by atoms with Gasteiger partial charge in [0.1, 0.15) is 0 Å². The van der Waals surface area contributed by atoms with Crippen molar-refractivity contribution >= 4 is 23.2 Å². The maximum Gasteiger partial charge on any atom is 0.247 e. The molecule has 84 valence electrons. The Bertz CT molecular complexity index is 313. The SMILES string of the molecule is CC(Cl)C1(C(C)Cl)C=CC=C([N+](=O)[O-])C1. The summed E-state index contributed by atoms with van der Waals surface area (Å²) < 4.78 is 0. The van der Waals surface area contributed by atoms with Crippen LogP contribution in [-0.4, -0.2) is 15.7 Å². The normalized spacial score (nSPS) is 29.5. The summed E-state index contributed by atoms with van der Waals surface area (Å²) in [6, 6.07) is 0. The van der Waals surface area contributed by atoms with Gasteiger partial charge >= 0.3 is 0 Å². The van der Waals surface area contributed by atoms with Gasteiger partial charge in [0.05, 0.1) is 11.3 Å². The molecule has 0 aromatic carbocycles. The third-order valence-corrected chi connectivity index (χ3v) is 3.71. The highest BCUT2D eigenvalue weighted by Crippen LogP contribution is 2.43. The third kappa shape index (κ3) is 2.34. The summed E-state index contributed by atoms with van der Waals surface area (Å²) in [6.45, 7) is 3.63. The Morgan fingerprint density at radius 1 is 1.47 bits per heavy atom. The van der Waals surface area contributed by atoms with Gasteiger partial charge in [-0.15, -0.1) is 23.2 Å². The van der Waals surface area contributed by atoms with Crippen LogP contribution in [0.4, 0.5) is 0 Å². The van der Waals surface area contributed by atoms with Crippen molar-refractivity contribution in [1.29, 1.82) is 0 Å². The third-order valence-electron chi connectivity index (χ3n) is 2.90. The first-order chi connectivity index (χ1) is 6.90. The van der Waals surface area contributed by atoms with Crippen LogP contribution in [0.3, 0.4) is 0 Å². The highest BCUT2D eigenvalue weighted by Gasteiger charge is 2.42. The molecule has 1 rings (SSSR count). The van der Waals surface area contributed by atoms with Crippen molar-refractivity contribution in [2.75, 3.05) is 0 Å². The van der Waals surface area contributed by atoms with Gasteiger partial charge in [0, 0.05) is 22.2 Å². The molecule has 0 fully saturated rings. The Morgan fingerprint density at radius 2 is 2.00 bits per heavy atom. The molecule has 0 aromatic heterocycles. The van der Waals surface area contributed by atoms with E-state index >= 15 is 0 Å². The average molecular weight is 250 g/mol. The second-order valence-corrected chi connectivity index (χ2v) is 5.10. The monoisotopic (exact) mass is 249 g/mol. The molecule has 2 atom stereocenters. The van der Waals surface area contributed by atoms with E-state index in [2.05, 4.69) is 0 Å². The van der Waals surface area contributed by atoms with E-state index in [0.717, 1.165) is 0 Å². The van der Waals surface area contributed by atoms with Crippen LogP contribution >= 0.6 is 23.2 Å². The van der Waals surface area contributed by atoms with Crippen molar-refractivity contribution < 1.29 is 4.92 Å². The Labute approximate surface area is 98.9 Å². The van der Waals surface area contributed by atoms with Crippen molar-refractivity contribution in [2.45, 2.75) is 31.0 Å². The predicted octanol–water partition coefficient (Wildman–Crippen LogP) is 3.35. The Hall–Kier alpha value is -0.540. The number of alkyl halides is 2. The molecule has 1 aliphatic rings. The molecule has 0 saturated heterocycles. The molecule has 2 unspecified atom stereocenters. The fraction of sp³-hybridized carbons (Fsp3) is 0.600. The molecule has 0 radical (unpaired) electrons. The zero-order valence-corrected chi connectivity index (χ0v) is 10.1. The van der Waals surface area contributed by atoms with Gasteiger partial charge in [-0.3, -0.25) is 10.1 Å². The molecule has 0 amide bonds. The molecule has 0 aromatic rings. The van der Waals surface area contributed by atoms with Crippen molar-refractivity contribution in [3.63, 3.8) is 0 Å². The van der Waals surface area contributed by atoms with E-state index in [0.29, 0.717) is 0 Å². The van der Waals surface area contributed by atoms with Crippen molar-refractivity contribution in [3.8, 4) is 0 Å². The molecule has 5 heteroatoms. The summed E-state index contributed by atoms with van der Waals surface area (Å²) in [5.74, 6) is 0. The highest BCUT2D eigenvalue weighted by atomic mass is 35.5. The first-order valence-corrected chi connectivity index (χ1v) is 5.58. The Morgan fingerprint density at radius 3 is 2.40 bits per heavy atom. The standard InChI is InChI=1S/C10H13Cl2NO2/c1-7(11)10(8(2)12)5-3-4-9(6-10)13(14)15/h3-5,7-8H,6H2,1-2H3. The van der Waals surface area contributed by atoms with Gasteiger partial charge in [-0.1, -0.05) is 12.2 Å². The first-order valence-electron chi connectivity index (χ1n) is 4.71. The number of rotatable bonds is 3. The Balaban J connectivity index is 3.02. The van der Waals surface area contributed by atoms with Crippen LogP contribution in [0, 0.1) is 15.5 Å². The van der Waals surface area contributed by atoms with Gasteiger partial charge in [0.25, 0.3) is 0 Å². The fourth-order valence-corrected chi connectivity index (χ4v) is 2.50. The highest BCUT2D eigenvalue weighted by molar-refractivity contribution is 6.24. The molecule has 0 bridgehead atoms. The molecule has 0 aliphatic heterocycles. The largest absolute Gasteiger partial charge is 0.259 e. The number of hydrogen-bond acceptors (Lipinski definition) is 2. The van der Waals surface area contributed by atoms with Gasteiger partial charge in [0.15, 0.2) is 0 Å². The quantitative estimate of drug-likeness (QED) is 0.438. The zero-order valence-electron chi connectivity index (χ0n) is 8.61. The number of nitrogens with zero attached hydrogens (tertiary/aromatic N) is 1. The van der Waals surface area contributed by atoms with Crippen LogP contribution in [0.1, 0.15) is 20.3 Å². The lowest BCUT2D eigenvalue weighted by Crippen LogP contribution is -2.37. The van der Waals surface area contributed by atoms with Crippen molar-refractivity contribution in [1.82, 2.24) is 0 Å². The summed E-state index contributed by atoms with van der Waals surface area (Å²) >= 11 is 12.2. The minimum atomic E-state index is -0.528. The minimum Gasteiger partial charge on any atom is -0.259 e. The summed E-state index contributed by atoms with van der Waals surface area (Å²) in [7, 11) is 0. The second-order valence-electron chi connectivity index (χ2n) is 3.80. The van der Waals surface area contributed by atoms with E-state index in [1.807, 2.05) is 19.9 Å². The molecular formula is C10H13Cl2NO2. The van der Waals surface area contributed by atoms with Gasteiger partial charge in [-0.2, -0.15) is 0 Å². The molecule has 0 saturated carbocycles. The topological polar surface area (TPSA) is 43.1 Å². The van der Waals surface area contributed by atoms with Crippen LogP contribution in [-0.2, 0) is 0 Å². The molecule has 1 aliphatic carbocycles. The summed E-state index contributed by atoms with van der Waals surface area (Å²) in [4.78, 5) is 10.3. The maximum absolute atomic E-state index is 10.7. The fourth-order valence-electron chi connectivity index (χ4n) is 1.76. The number of allylic oxidation sites excluding steroid dienone is 4. The number of hydrogen-bond donors (Lipinski definition) is 0. The second kappa shape index (κ2) is 4.54. The van der Waals surface area contributed by atoms with Gasteiger partial charge in [0.2, 0.25) is 5.70 Å². The zero-order chi connectivity index (χ0) is 11.6. The van der Waals surface area contributed by atoms with Gasteiger partial charge < -0.3 is 0 Å². The van der Waals surface area contributed by atoms with Gasteiger partial charge in [-0.05, 0) is 13.8 Å². The molecule has 15 heavy (non-hydrogen) atoms. The molecule has 0 heterocycles.